The number of hydrogen-bond acceptors (Lipinski definition) is 6. The third-order valence-electron chi connectivity index (χ3n) is 6.13. The largest absolute Gasteiger partial charge is 0.508 e. The highest BCUT2D eigenvalue weighted by Gasteiger charge is 2.79. The van der Waals surface area contributed by atoms with Crippen LogP contribution in [-0.4, -0.2) is 44.1 Å². The van der Waals surface area contributed by atoms with Gasteiger partial charge < -0.3 is 20.1 Å². The normalized spacial score (nSPS) is 24.6. The van der Waals surface area contributed by atoms with Crippen LogP contribution < -0.4 is 0 Å². The average molecular weight is 440 g/mol. The molecule has 0 spiro atoms. The van der Waals surface area contributed by atoms with Crippen molar-refractivity contribution in [3.63, 3.8) is 0 Å². The van der Waals surface area contributed by atoms with E-state index < -0.39 is 34.5 Å². The Hall–Kier alpha value is -3.19. The minimum atomic E-state index is -1.39. The molecule has 3 N–H and O–H groups in total. The van der Waals surface area contributed by atoms with E-state index in [1.54, 1.807) is 6.08 Å². The minimum Gasteiger partial charge on any atom is -0.508 e. The first-order chi connectivity index (χ1) is 14.9. The van der Waals surface area contributed by atoms with Gasteiger partial charge in [-0.25, -0.2) is 4.79 Å². The number of ether oxygens (including phenoxy) is 1. The number of phenolic OH excluding ortho intramolecular Hbond substituents is 2. The maximum atomic E-state index is 13.4. The first-order valence-electron chi connectivity index (χ1n) is 10.5. The zero-order valence-corrected chi connectivity index (χ0v) is 18.7. The Kier molecular flexibility index (Phi) is 6.15. The van der Waals surface area contributed by atoms with Crippen molar-refractivity contribution in [3.8, 4) is 11.5 Å². The van der Waals surface area contributed by atoms with Gasteiger partial charge in [-0.05, 0) is 46.6 Å². The first kappa shape index (κ1) is 23.5. The monoisotopic (exact) mass is 440 g/mol. The van der Waals surface area contributed by atoms with E-state index in [1.165, 1.54) is 13.0 Å². The summed E-state index contributed by atoms with van der Waals surface area (Å²) < 4.78 is 5.96. The number of epoxide rings is 1. The number of ketones is 2. The van der Waals surface area contributed by atoms with Gasteiger partial charge in [-0.1, -0.05) is 29.4 Å². The number of carboxylic acids is 1. The fourth-order valence-electron chi connectivity index (χ4n) is 4.15. The lowest BCUT2D eigenvalue weighted by Gasteiger charge is -2.25. The molecule has 2 aliphatic rings. The molecule has 32 heavy (non-hydrogen) atoms. The number of carboxylic acid groups (broad SMARTS) is 1. The number of aliphatic carboxylic acids is 1. The molecule has 1 heterocycles. The molecule has 0 bridgehead atoms. The van der Waals surface area contributed by atoms with Crippen LogP contribution in [0.5, 0.6) is 11.5 Å². The second-order valence-electron chi connectivity index (χ2n) is 8.77. The summed E-state index contributed by atoms with van der Waals surface area (Å²) >= 11 is 0. The molecule has 3 rings (SSSR count). The smallest absolute Gasteiger partial charge is 0.330 e. The van der Waals surface area contributed by atoms with Crippen LogP contribution in [0, 0.1) is 0 Å². The lowest BCUT2D eigenvalue weighted by molar-refractivity contribution is -0.132. The number of Topliss-reactive ketones (excluding diaryl/α,β-unsaturated/α-hetero) is 2. The van der Waals surface area contributed by atoms with Crippen LogP contribution in [0.4, 0.5) is 0 Å². The van der Waals surface area contributed by atoms with Crippen molar-refractivity contribution < 1.29 is 34.4 Å². The standard InChI is InChI=1S/C25H28O7/c1-14(2)8-10-25-22(29)20-18(12-17(26)13-19(20)27)21(28)24(25,32-25)11-9-15(3)6-5-7-16(4)23(30)31/h7-9,12-13,26-27H,5-6,10-11H2,1-4H3,(H,30,31). The number of phenols is 2. The highest BCUT2D eigenvalue weighted by Crippen LogP contribution is 2.61. The van der Waals surface area contributed by atoms with Crippen LogP contribution in [0.25, 0.3) is 0 Å². The Bertz CT molecular complexity index is 1090. The Morgan fingerprint density at radius 2 is 1.59 bits per heavy atom. The van der Waals surface area contributed by atoms with Crippen LogP contribution >= 0.6 is 0 Å². The summed E-state index contributed by atoms with van der Waals surface area (Å²) in [5.74, 6) is -2.61. The summed E-state index contributed by atoms with van der Waals surface area (Å²) in [6.07, 6.45) is 6.82. The van der Waals surface area contributed by atoms with Crippen molar-refractivity contribution in [1.29, 1.82) is 0 Å². The van der Waals surface area contributed by atoms with Crippen LogP contribution in [0.3, 0.4) is 0 Å². The Morgan fingerprint density at radius 1 is 0.969 bits per heavy atom. The third-order valence-corrected chi connectivity index (χ3v) is 6.13. The molecule has 0 amide bonds. The predicted octanol–water partition coefficient (Wildman–Crippen LogP) is 4.49. The van der Waals surface area contributed by atoms with E-state index >= 15 is 0 Å². The Morgan fingerprint density at radius 3 is 2.22 bits per heavy atom. The summed E-state index contributed by atoms with van der Waals surface area (Å²) in [6, 6.07) is 2.24. The van der Waals surface area contributed by atoms with Gasteiger partial charge in [0.05, 0.1) is 5.56 Å². The van der Waals surface area contributed by atoms with Gasteiger partial charge in [-0.2, -0.15) is 0 Å². The first-order valence-corrected chi connectivity index (χ1v) is 10.5. The second-order valence-corrected chi connectivity index (χ2v) is 8.77. The van der Waals surface area contributed by atoms with Gasteiger partial charge in [-0.3, -0.25) is 9.59 Å². The fourth-order valence-corrected chi connectivity index (χ4v) is 4.15. The molecular weight excluding hydrogens is 412 g/mol. The molecule has 1 aromatic rings. The lowest BCUT2D eigenvalue weighted by Crippen LogP contribution is -2.44. The van der Waals surface area contributed by atoms with E-state index in [4.69, 9.17) is 9.84 Å². The van der Waals surface area contributed by atoms with Crippen molar-refractivity contribution in [1.82, 2.24) is 0 Å². The molecule has 2 atom stereocenters. The lowest BCUT2D eigenvalue weighted by atomic mass is 9.70. The fraction of sp³-hybridized carbons (Fsp3) is 0.400. The summed E-state index contributed by atoms with van der Waals surface area (Å²) in [6.45, 7) is 7.18. The highest BCUT2D eigenvalue weighted by molar-refractivity contribution is 6.26. The van der Waals surface area contributed by atoms with E-state index in [0.29, 0.717) is 12.8 Å². The SMILES string of the molecule is CC(C)=CCC12OC1(CC=C(C)CCC=C(C)C(=O)O)C(=O)c1cc(O)cc(O)c1C2=O. The van der Waals surface area contributed by atoms with Crippen molar-refractivity contribution in [2.24, 2.45) is 0 Å². The summed E-state index contributed by atoms with van der Waals surface area (Å²) in [7, 11) is 0. The number of aromatic hydroxyl groups is 2. The van der Waals surface area contributed by atoms with Gasteiger partial charge in [-0.15, -0.1) is 0 Å². The van der Waals surface area contributed by atoms with Crippen molar-refractivity contribution in [2.45, 2.75) is 64.6 Å². The van der Waals surface area contributed by atoms with Gasteiger partial charge in [0.15, 0.2) is 17.0 Å². The molecule has 1 aliphatic carbocycles. The van der Waals surface area contributed by atoms with Crippen molar-refractivity contribution in [2.75, 3.05) is 0 Å². The van der Waals surface area contributed by atoms with Crippen molar-refractivity contribution >= 4 is 17.5 Å². The number of hydrogen-bond donors (Lipinski definition) is 3. The molecule has 0 saturated carbocycles. The van der Waals surface area contributed by atoms with Crippen LogP contribution in [0.1, 0.15) is 74.1 Å². The number of fused-ring (bicyclic) bond motifs is 2. The van der Waals surface area contributed by atoms with Gasteiger partial charge >= 0.3 is 5.97 Å². The van der Waals surface area contributed by atoms with E-state index in [9.17, 15) is 24.6 Å². The Balaban J connectivity index is 1.93. The van der Waals surface area contributed by atoms with E-state index in [1.807, 2.05) is 32.9 Å². The molecule has 170 valence electrons. The summed E-state index contributed by atoms with van der Waals surface area (Å²) in [5.41, 5.74) is -0.757. The topological polar surface area (TPSA) is 124 Å². The number of benzene rings is 1. The molecule has 1 fully saturated rings. The zero-order valence-electron chi connectivity index (χ0n) is 18.7. The molecule has 7 nitrogen and oxygen atoms in total. The summed E-state index contributed by atoms with van der Waals surface area (Å²) in [4.78, 5) is 37.8. The van der Waals surface area contributed by atoms with Gasteiger partial charge in [0.2, 0.25) is 5.78 Å². The molecular formula is C25H28O7. The molecule has 1 aromatic carbocycles. The molecule has 1 aliphatic heterocycles. The third kappa shape index (κ3) is 3.88. The molecule has 0 radical (unpaired) electrons. The number of carbonyl (C=O) groups is 3. The van der Waals surface area contributed by atoms with Gasteiger partial charge in [0.25, 0.3) is 0 Å². The Labute approximate surface area is 186 Å². The number of allylic oxidation sites excluding steroid dienone is 3. The maximum absolute atomic E-state index is 13.4. The average Bonchev–Trinajstić information content (AvgIpc) is 3.39. The quantitative estimate of drug-likeness (QED) is 0.309. The van der Waals surface area contributed by atoms with Crippen LogP contribution in [0.2, 0.25) is 0 Å². The van der Waals surface area contributed by atoms with Crippen LogP contribution in [0.15, 0.2) is 47.1 Å². The van der Waals surface area contributed by atoms with E-state index in [2.05, 4.69) is 0 Å². The number of carbonyl (C=O) groups excluding carboxylic acids is 2. The minimum absolute atomic E-state index is 0.0381. The highest BCUT2D eigenvalue weighted by atomic mass is 16.6. The maximum Gasteiger partial charge on any atom is 0.330 e. The van der Waals surface area contributed by atoms with E-state index in [-0.39, 0.29) is 35.3 Å². The second kappa shape index (κ2) is 8.39. The molecule has 2 unspecified atom stereocenters. The van der Waals surface area contributed by atoms with Gasteiger partial charge in [0, 0.05) is 30.0 Å². The number of rotatable bonds is 8. The van der Waals surface area contributed by atoms with Gasteiger partial charge in [0.1, 0.15) is 11.5 Å². The molecule has 0 aromatic heterocycles. The molecule has 7 heteroatoms. The zero-order chi connectivity index (χ0) is 23.8. The van der Waals surface area contributed by atoms with Crippen LogP contribution in [-0.2, 0) is 9.53 Å². The van der Waals surface area contributed by atoms with E-state index in [0.717, 1.165) is 17.2 Å². The summed E-state index contributed by atoms with van der Waals surface area (Å²) in [5, 5.41) is 29.1. The molecule has 1 saturated heterocycles. The predicted molar refractivity (Wildman–Crippen MR) is 118 cm³/mol. The van der Waals surface area contributed by atoms with Crippen molar-refractivity contribution in [3.05, 3.63) is 58.2 Å².